The number of carbonyl (C=O) groups is 1. The number of H-pyrrole nitrogens is 1. The fraction of sp³-hybridized carbons (Fsp3) is 0.185. The van der Waals surface area contributed by atoms with E-state index in [2.05, 4.69) is 21.0 Å². The van der Waals surface area contributed by atoms with Gasteiger partial charge in [-0.3, -0.25) is 4.79 Å². The Balaban J connectivity index is 1.73. The predicted octanol–water partition coefficient (Wildman–Crippen LogP) is 4.25. The first kappa shape index (κ1) is 23.7. The van der Waals surface area contributed by atoms with E-state index in [0.717, 1.165) is 33.3 Å². The van der Waals surface area contributed by atoms with Crippen molar-refractivity contribution >= 4 is 22.6 Å². The van der Waals surface area contributed by atoms with Gasteiger partial charge in [-0.05, 0) is 55.6 Å². The lowest BCUT2D eigenvalue weighted by Gasteiger charge is -2.18. The number of rotatable bonds is 7. The van der Waals surface area contributed by atoms with Gasteiger partial charge in [0.1, 0.15) is 23.2 Å². The summed E-state index contributed by atoms with van der Waals surface area (Å²) < 4.78 is 5.52. The standard InChI is InChI=1S/C27H26N6O2/c1-32(2)9-5-6-26(34)33(3)22-11-19(12-23(14-22)35-4)20-13-24-25(17-31-27(24)30-16-20)18-7-8-29-21(10-18)15-28/h5-8,10-14,16-17H,9H2,1-4H3,(H,30,31)/b6-5+. The molecule has 3 heterocycles. The van der Waals surface area contributed by atoms with E-state index in [4.69, 9.17) is 4.74 Å². The number of anilines is 1. The molecule has 176 valence electrons. The largest absolute Gasteiger partial charge is 0.497 e. The Kier molecular flexibility index (Phi) is 6.90. The van der Waals surface area contributed by atoms with Crippen molar-refractivity contribution in [1.82, 2.24) is 19.9 Å². The van der Waals surface area contributed by atoms with Crippen molar-refractivity contribution in [2.75, 3.05) is 39.7 Å². The lowest BCUT2D eigenvalue weighted by atomic mass is 10.0. The monoisotopic (exact) mass is 466 g/mol. The maximum atomic E-state index is 12.7. The smallest absolute Gasteiger partial charge is 0.250 e. The molecule has 0 aliphatic heterocycles. The number of nitriles is 1. The number of nitrogens with zero attached hydrogens (tertiary/aromatic N) is 5. The number of nitrogens with one attached hydrogen (secondary N) is 1. The van der Waals surface area contributed by atoms with Gasteiger partial charge in [0.15, 0.2) is 0 Å². The van der Waals surface area contributed by atoms with E-state index in [1.165, 1.54) is 0 Å². The normalized spacial score (nSPS) is 11.2. The van der Waals surface area contributed by atoms with E-state index in [1.807, 2.05) is 61.6 Å². The highest BCUT2D eigenvalue weighted by Crippen LogP contribution is 2.34. The zero-order valence-electron chi connectivity index (χ0n) is 20.1. The number of aromatic nitrogens is 3. The van der Waals surface area contributed by atoms with E-state index in [1.54, 1.807) is 43.6 Å². The third kappa shape index (κ3) is 5.21. The SMILES string of the molecule is COc1cc(-c2cnc3[nH]cc(-c4ccnc(C#N)c4)c3c2)cc(N(C)C(=O)/C=C/CN(C)C)c1. The predicted molar refractivity (Wildman–Crippen MR) is 137 cm³/mol. The zero-order valence-corrected chi connectivity index (χ0v) is 20.1. The molecule has 0 spiro atoms. The van der Waals surface area contributed by atoms with Crippen LogP contribution in [0.4, 0.5) is 5.69 Å². The maximum absolute atomic E-state index is 12.7. The Hall–Kier alpha value is -4.48. The van der Waals surface area contributed by atoms with Gasteiger partial charge in [0, 0.05) is 66.5 Å². The topological polar surface area (TPSA) is 98.1 Å². The van der Waals surface area contributed by atoms with Gasteiger partial charge >= 0.3 is 0 Å². The molecule has 8 nitrogen and oxygen atoms in total. The van der Waals surface area contributed by atoms with Crippen LogP contribution in [0.2, 0.25) is 0 Å². The molecule has 0 saturated heterocycles. The number of likely N-dealkylation sites (N-methyl/N-ethyl adjacent to an activating group) is 2. The summed E-state index contributed by atoms with van der Waals surface area (Å²) in [5, 5.41) is 10.1. The van der Waals surface area contributed by atoms with Crippen molar-refractivity contribution < 1.29 is 9.53 Å². The van der Waals surface area contributed by atoms with Crippen LogP contribution in [-0.4, -0.2) is 60.6 Å². The van der Waals surface area contributed by atoms with Crippen LogP contribution in [0.1, 0.15) is 5.69 Å². The Morgan fingerprint density at radius 3 is 2.69 bits per heavy atom. The molecule has 4 rings (SSSR count). The minimum Gasteiger partial charge on any atom is -0.497 e. The van der Waals surface area contributed by atoms with Crippen LogP contribution in [0, 0.1) is 11.3 Å². The van der Waals surface area contributed by atoms with E-state index >= 15 is 0 Å². The summed E-state index contributed by atoms with van der Waals surface area (Å²) in [6.07, 6.45) is 8.69. The van der Waals surface area contributed by atoms with Gasteiger partial charge in [0.05, 0.1) is 7.11 Å². The number of pyridine rings is 2. The molecule has 8 heteroatoms. The number of amides is 1. The van der Waals surface area contributed by atoms with Gasteiger partial charge < -0.3 is 19.5 Å². The Bertz CT molecular complexity index is 1450. The fourth-order valence-corrected chi connectivity index (χ4v) is 3.72. The molecule has 0 saturated carbocycles. The third-order valence-electron chi connectivity index (χ3n) is 5.63. The molecule has 1 aromatic carbocycles. The molecular weight excluding hydrogens is 440 g/mol. The number of fused-ring (bicyclic) bond motifs is 1. The lowest BCUT2D eigenvalue weighted by Crippen LogP contribution is -2.24. The molecule has 0 radical (unpaired) electrons. The van der Waals surface area contributed by atoms with Gasteiger partial charge in [-0.1, -0.05) is 6.08 Å². The molecule has 0 unspecified atom stereocenters. The van der Waals surface area contributed by atoms with Gasteiger partial charge in [-0.25, -0.2) is 9.97 Å². The lowest BCUT2D eigenvalue weighted by molar-refractivity contribution is -0.113. The first-order chi connectivity index (χ1) is 16.9. The van der Waals surface area contributed by atoms with Crippen molar-refractivity contribution in [2.45, 2.75) is 0 Å². The number of benzene rings is 1. The number of hydrogen-bond donors (Lipinski definition) is 1. The first-order valence-corrected chi connectivity index (χ1v) is 11.0. The van der Waals surface area contributed by atoms with Crippen molar-refractivity contribution in [3.8, 4) is 34.1 Å². The second-order valence-corrected chi connectivity index (χ2v) is 8.35. The average molecular weight is 467 g/mol. The van der Waals surface area contributed by atoms with Gasteiger partial charge in [0.25, 0.3) is 0 Å². The van der Waals surface area contributed by atoms with Gasteiger partial charge in [0.2, 0.25) is 5.91 Å². The van der Waals surface area contributed by atoms with Crippen LogP contribution in [0.25, 0.3) is 33.3 Å². The van der Waals surface area contributed by atoms with Crippen molar-refractivity contribution in [2.24, 2.45) is 0 Å². The van der Waals surface area contributed by atoms with Gasteiger partial charge in [-0.15, -0.1) is 0 Å². The molecule has 4 aromatic rings. The van der Waals surface area contributed by atoms with Crippen molar-refractivity contribution in [1.29, 1.82) is 5.26 Å². The number of hydrogen-bond acceptors (Lipinski definition) is 6. The third-order valence-corrected chi connectivity index (χ3v) is 5.63. The molecule has 0 aliphatic carbocycles. The summed E-state index contributed by atoms with van der Waals surface area (Å²) in [4.78, 5) is 28.1. The number of methoxy groups -OCH3 is 1. The first-order valence-electron chi connectivity index (χ1n) is 11.0. The van der Waals surface area contributed by atoms with Gasteiger partial charge in [-0.2, -0.15) is 5.26 Å². The van der Waals surface area contributed by atoms with E-state index < -0.39 is 0 Å². The highest BCUT2D eigenvalue weighted by molar-refractivity contribution is 6.02. The summed E-state index contributed by atoms with van der Waals surface area (Å²) in [6.45, 7) is 0.682. The van der Waals surface area contributed by atoms with Crippen molar-refractivity contribution in [3.05, 3.63) is 72.8 Å². The van der Waals surface area contributed by atoms with Crippen LogP contribution < -0.4 is 9.64 Å². The highest BCUT2D eigenvalue weighted by atomic mass is 16.5. The van der Waals surface area contributed by atoms with Crippen LogP contribution in [0.3, 0.4) is 0 Å². The Labute approximate surface area is 204 Å². The summed E-state index contributed by atoms with van der Waals surface area (Å²) in [7, 11) is 7.24. The molecule has 0 atom stereocenters. The molecular formula is C27H26N6O2. The fourth-order valence-electron chi connectivity index (χ4n) is 3.72. The molecule has 1 N–H and O–H groups in total. The van der Waals surface area contributed by atoms with Crippen LogP contribution in [0.5, 0.6) is 5.75 Å². The van der Waals surface area contributed by atoms with Crippen LogP contribution in [0.15, 0.2) is 67.1 Å². The quantitative estimate of drug-likeness (QED) is 0.409. The average Bonchev–Trinajstić information content (AvgIpc) is 3.31. The summed E-state index contributed by atoms with van der Waals surface area (Å²) in [5.41, 5.74) is 5.34. The second kappa shape index (κ2) is 10.2. The summed E-state index contributed by atoms with van der Waals surface area (Å²) in [6, 6.07) is 13.4. The zero-order chi connectivity index (χ0) is 24.9. The Morgan fingerprint density at radius 1 is 1.11 bits per heavy atom. The molecule has 0 fully saturated rings. The molecule has 1 amide bonds. The van der Waals surface area contributed by atoms with Crippen LogP contribution >= 0.6 is 0 Å². The maximum Gasteiger partial charge on any atom is 0.250 e. The second-order valence-electron chi connectivity index (χ2n) is 8.35. The summed E-state index contributed by atoms with van der Waals surface area (Å²) in [5.74, 6) is 0.509. The molecule has 3 aromatic heterocycles. The van der Waals surface area contributed by atoms with E-state index in [9.17, 15) is 10.1 Å². The van der Waals surface area contributed by atoms with E-state index in [-0.39, 0.29) is 5.91 Å². The van der Waals surface area contributed by atoms with E-state index in [0.29, 0.717) is 23.7 Å². The van der Waals surface area contributed by atoms with Crippen molar-refractivity contribution in [3.63, 3.8) is 0 Å². The highest BCUT2D eigenvalue weighted by Gasteiger charge is 2.14. The van der Waals surface area contributed by atoms with Crippen LogP contribution in [-0.2, 0) is 4.79 Å². The number of carbonyl (C=O) groups excluding carboxylic acids is 1. The molecule has 0 bridgehead atoms. The summed E-state index contributed by atoms with van der Waals surface area (Å²) >= 11 is 0. The Morgan fingerprint density at radius 2 is 1.94 bits per heavy atom. The number of ether oxygens (including phenoxy) is 1. The number of aromatic amines is 1. The minimum atomic E-state index is -0.126. The molecule has 0 aliphatic rings. The minimum absolute atomic E-state index is 0.126. The molecule has 35 heavy (non-hydrogen) atoms.